The summed E-state index contributed by atoms with van der Waals surface area (Å²) in [5, 5.41) is 0. The second-order valence-corrected chi connectivity index (χ2v) is 5.19. The lowest BCUT2D eigenvalue weighted by atomic mass is 10.2. The normalized spacial score (nSPS) is 10.3. The van der Waals surface area contributed by atoms with Gasteiger partial charge in [-0.2, -0.15) is 0 Å². The van der Waals surface area contributed by atoms with Gasteiger partial charge in [0.1, 0.15) is 5.75 Å². The van der Waals surface area contributed by atoms with E-state index >= 15 is 0 Å². The van der Waals surface area contributed by atoms with Gasteiger partial charge in [-0.3, -0.25) is 0 Å². The number of benzene rings is 1. The predicted molar refractivity (Wildman–Crippen MR) is 81.5 cm³/mol. The van der Waals surface area contributed by atoms with Crippen LogP contribution in [0.2, 0.25) is 0 Å². The van der Waals surface area contributed by atoms with Gasteiger partial charge < -0.3 is 15.4 Å². The van der Waals surface area contributed by atoms with Crippen LogP contribution in [0, 0.1) is 0 Å². The first-order valence-electron chi connectivity index (χ1n) is 5.85. The smallest absolute Gasteiger partial charge is 0.151 e. The van der Waals surface area contributed by atoms with Crippen molar-refractivity contribution in [2.24, 2.45) is 0 Å². The maximum atomic E-state index is 5.97. The largest absolute Gasteiger partial charge is 0.497 e. The van der Waals surface area contributed by atoms with Crippen molar-refractivity contribution in [1.29, 1.82) is 0 Å². The first kappa shape index (κ1) is 13.7. The molecule has 0 bridgehead atoms. The number of pyridine rings is 1. The van der Waals surface area contributed by atoms with E-state index in [0.717, 1.165) is 22.6 Å². The molecule has 5 heteroatoms. The van der Waals surface area contributed by atoms with Crippen LogP contribution in [-0.4, -0.2) is 19.1 Å². The highest BCUT2D eigenvalue weighted by Crippen LogP contribution is 2.24. The lowest BCUT2D eigenvalue weighted by Crippen LogP contribution is -2.19. The van der Waals surface area contributed by atoms with E-state index in [4.69, 9.17) is 10.5 Å². The summed E-state index contributed by atoms with van der Waals surface area (Å²) >= 11 is 3.35. The van der Waals surface area contributed by atoms with Gasteiger partial charge in [-0.05, 0) is 39.7 Å². The van der Waals surface area contributed by atoms with E-state index in [2.05, 4.69) is 20.9 Å². The van der Waals surface area contributed by atoms with Crippen LogP contribution in [0.25, 0.3) is 0 Å². The lowest BCUT2D eigenvalue weighted by molar-refractivity contribution is 0.414. The van der Waals surface area contributed by atoms with Gasteiger partial charge in [0.15, 0.2) is 5.82 Å². The molecule has 1 aromatic carbocycles. The summed E-state index contributed by atoms with van der Waals surface area (Å²) in [4.78, 5) is 6.35. The monoisotopic (exact) mass is 321 g/mol. The molecule has 0 amide bonds. The van der Waals surface area contributed by atoms with E-state index < -0.39 is 0 Å². The molecular weight excluding hydrogens is 306 g/mol. The fraction of sp³-hybridized carbons (Fsp3) is 0.214. The number of nitrogens with two attached hydrogens (primary N) is 1. The molecule has 0 radical (unpaired) electrons. The number of aromatic nitrogens is 1. The van der Waals surface area contributed by atoms with Crippen molar-refractivity contribution < 1.29 is 4.74 Å². The molecule has 0 aliphatic carbocycles. The molecular formula is C14H16BrN3O. The quantitative estimate of drug-likeness (QED) is 0.940. The molecule has 1 aromatic heterocycles. The number of halogens is 1. The molecule has 0 spiro atoms. The maximum Gasteiger partial charge on any atom is 0.151 e. The van der Waals surface area contributed by atoms with Gasteiger partial charge in [-0.1, -0.05) is 12.1 Å². The molecule has 2 N–H and O–H groups in total. The van der Waals surface area contributed by atoms with Gasteiger partial charge in [0, 0.05) is 24.3 Å². The van der Waals surface area contributed by atoms with E-state index in [-0.39, 0.29) is 0 Å². The third-order valence-electron chi connectivity index (χ3n) is 2.80. The molecule has 2 aromatic rings. The van der Waals surface area contributed by atoms with Gasteiger partial charge >= 0.3 is 0 Å². The first-order chi connectivity index (χ1) is 9.10. The van der Waals surface area contributed by atoms with Gasteiger partial charge in [-0.25, -0.2) is 4.98 Å². The Hall–Kier alpha value is -1.75. The number of ether oxygens (including phenoxy) is 1. The minimum Gasteiger partial charge on any atom is -0.497 e. The summed E-state index contributed by atoms with van der Waals surface area (Å²) in [6.45, 7) is 0.739. The van der Waals surface area contributed by atoms with E-state index in [0.29, 0.717) is 5.69 Å². The standard InChI is InChI=1S/C14H16BrN3O/c1-18(14-13(16)7-11(15)8-17-14)9-10-3-5-12(19-2)6-4-10/h3-8H,9,16H2,1-2H3. The molecule has 19 heavy (non-hydrogen) atoms. The van der Waals surface area contributed by atoms with Crippen LogP contribution in [0.4, 0.5) is 11.5 Å². The molecule has 0 saturated heterocycles. The zero-order chi connectivity index (χ0) is 13.8. The van der Waals surface area contributed by atoms with E-state index in [1.807, 2.05) is 42.3 Å². The summed E-state index contributed by atoms with van der Waals surface area (Å²) in [7, 11) is 3.63. The third kappa shape index (κ3) is 3.38. The van der Waals surface area contributed by atoms with Crippen molar-refractivity contribution >= 4 is 27.4 Å². The number of methoxy groups -OCH3 is 1. The Morgan fingerprint density at radius 2 is 2.00 bits per heavy atom. The molecule has 100 valence electrons. The van der Waals surface area contributed by atoms with Gasteiger partial charge in [0.05, 0.1) is 12.8 Å². The molecule has 0 aliphatic rings. The van der Waals surface area contributed by atoms with Crippen LogP contribution in [0.1, 0.15) is 5.56 Å². The van der Waals surface area contributed by atoms with Crippen molar-refractivity contribution in [3.05, 3.63) is 46.6 Å². The van der Waals surface area contributed by atoms with Gasteiger partial charge in [0.2, 0.25) is 0 Å². The van der Waals surface area contributed by atoms with Crippen LogP contribution >= 0.6 is 15.9 Å². The highest BCUT2D eigenvalue weighted by molar-refractivity contribution is 9.10. The fourth-order valence-electron chi connectivity index (χ4n) is 1.85. The van der Waals surface area contributed by atoms with Crippen LogP contribution in [-0.2, 0) is 6.54 Å². The summed E-state index contributed by atoms with van der Waals surface area (Å²) in [5.74, 6) is 1.63. The molecule has 2 rings (SSSR count). The molecule has 0 fully saturated rings. The van der Waals surface area contributed by atoms with E-state index in [9.17, 15) is 0 Å². The number of anilines is 2. The minimum atomic E-state index is 0.658. The Bertz CT molecular complexity index is 557. The van der Waals surface area contributed by atoms with Crippen molar-refractivity contribution in [3.63, 3.8) is 0 Å². The Kier molecular flexibility index (Phi) is 4.27. The minimum absolute atomic E-state index is 0.658. The summed E-state index contributed by atoms with van der Waals surface area (Å²) in [6, 6.07) is 9.81. The Labute approximate surface area is 121 Å². The zero-order valence-electron chi connectivity index (χ0n) is 10.9. The Morgan fingerprint density at radius 1 is 1.32 bits per heavy atom. The number of nitrogens with zero attached hydrogens (tertiary/aromatic N) is 2. The molecule has 0 unspecified atom stereocenters. The summed E-state index contributed by atoms with van der Waals surface area (Å²) < 4.78 is 6.02. The maximum absolute atomic E-state index is 5.97. The van der Waals surface area contributed by atoms with Crippen molar-refractivity contribution in [2.75, 3.05) is 24.8 Å². The topological polar surface area (TPSA) is 51.4 Å². The van der Waals surface area contributed by atoms with Crippen LogP contribution in [0.3, 0.4) is 0 Å². The Morgan fingerprint density at radius 3 is 2.58 bits per heavy atom. The zero-order valence-corrected chi connectivity index (χ0v) is 12.5. The van der Waals surface area contributed by atoms with Crippen LogP contribution in [0.5, 0.6) is 5.75 Å². The molecule has 0 aliphatic heterocycles. The van der Waals surface area contributed by atoms with Gasteiger partial charge in [-0.15, -0.1) is 0 Å². The number of hydrogen-bond donors (Lipinski definition) is 1. The van der Waals surface area contributed by atoms with Crippen LogP contribution < -0.4 is 15.4 Å². The van der Waals surface area contributed by atoms with Crippen LogP contribution in [0.15, 0.2) is 41.0 Å². The predicted octanol–water partition coefficient (Wildman–Crippen LogP) is 3.07. The average Bonchev–Trinajstić information content (AvgIpc) is 2.39. The van der Waals surface area contributed by atoms with E-state index in [1.165, 1.54) is 5.56 Å². The lowest BCUT2D eigenvalue weighted by Gasteiger charge is -2.20. The molecule has 0 atom stereocenters. The molecule has 1 heterocycles. The third-order valence-corrected chi connectivity index (χ3v) is 3.24. The van der Waals surface area contributed by atoms with Crippen molar-refractivity contribution in [3.8, 4) is 5.75 Å². The second-order valence-electron chi connectivity index (χ2n) is 4.27. The summed E-state index contributed by atoms with van der Waals surface area (Å²) in [6.07, 6.45) is 1.75. The number of hydrogen-bond acceptors (Lipinski definition) is 4. The second kappa shape index (κ2) is 5.93. The molecule has 4 nitrogen and oxygen atoms in total. The SMILES string of the molecule is COc1ccc(CN(C)c2ncc(Br)cc2N)cc1. The first-order valence-corrected chi connectivity index (χ1v) is 6.64. The highest BCUT2D eigenvalue weighted by Gasteiger charge is 2.08. The summed E-state index contributed by atoms with van der Waals surface area (Å²) in [5.41, 5.74) is 7.80. The van der Waals surface area contributed by atoms with E-state index in [1.54, 1.807) is 13.3 Å². The highest BCUT2D eigenvalue weighted by atomic mass is 79.9. The number of nitrogen functional groups attached to an aromatic ring is 1. The number of rotatable bonds is 4. The Balaban J connectivity index is 2.13. The van der Waals surface area contributed by atoms with Crippen molar-refractivity contribution in [2.45, 2.75) is 6.54 Å². The van der Waals surface area contributed by atoms with Crippen molar-refractivity contribution in [1.82, 2.24) is 4.98 Å². The average molecular weight is 322 g/mol. The fourth-order valence-corrected chi connectivity index (χ4v) is 2.20. The molecule has 0 saturated carbocycles. The van der Waals surface area contributed by atoms with Gasteiger partial charge in [0.25, 0.3) is 0 Å².